The van der Waals surface area contributed by atoms with E-state index in [0.717, 1.165) is 294 Å². The van der Waals surface area contributed by atoms with Gasteiger partial charge in [0.05, 0.1) is 124 Å². The summed E-state index contributed by atoms with van der Waals surface area (Å²) in [5.74, 6) is 0.680. The number of hydrogen-bond acceptors (Lipinski definition) is 26. The van der Waals surface area contributed by atoms with Crippen LogP contribution in [0.5, 0.6) is 0 Å². The summed E-state index contributed by atoms with van der Waals surface area (Å²) < 4.78 is 130. The van der Waals surface area contributed by atoms with E-state index in [1.165, 1.54) is 184 Å². The van der Waals surface area contributed by atoms with Gasteiger partial charge in [-0.2, -0.15) is 8.42 Å². The summed E-state index contributed by atoms with van der Waals surface area (Å²) in [5, 5.41) is 18.5. The fraction of sp³-hybridized carbons (Fsp3) is 0.879. The van der Waals surface area contributed by atoms with E-state index in [4.69, 9.17) is 84.7 Å². The van der Waals surface area contributed by atoms with Crippen LogP contribution >= 0.6 is 22.6 Å². The highest BCUT2D eigenvalue weighted by atomic mass is 127. The minimum Gasteiger partial charge on any atom is -0.466 e. The van der Waals surface area contributed by atoms with Crippen molar-refractivity contribution >= 4 is 57.5 Å². The second-order valence-electron chi connectivity index (χ2n) is 49.3. The third kappa shape index (κ3) is 28.5. The molecule has 13 saturated carbocycles. The Morgan fingerprint density at radius 2 is 0.764 bits per heavy atom. The third-order valence-electron chi connectivity index (χ3n) is 38.8. The lowest BCUT2D eigenvalue weighted by Crippen LogP contribution is -2.43. The molecule has 814 valence electrons. The van der Waals surface area contributed by atoms with Gasteiger partial charge in [-0.05, 0) is 356 Å². The Bertz CT molecular complexity index is 4260. The lowest BCUT2D eigenvalue weighted by Gasteiger charge is -2.44. The summed E-state index contributed by atoms with van der Waals surface area (Å²) >= 11 is 2.55. The fourth-order valence-corrected chi connectivity index (χ4v) is 34.1. The summed E-state index contributed by atoms with van der Waals surface area (Å²) in [4.78, 5) is 44.2. The summed E-state index contributed by atoms with van der Waals surface area (Å²) in [6.07, 6.45) is 75.0. The number of halogens is 1. The summed E-state index contributed by atoms with van der Waals surface area (Å²) in [6.45, 7) is 17.1. The lowest BCUT2D eigenvalue weighted by molar-refractivity contribution is -0.202. The molecule has 23 aliphatic rings. The van der Waals surface area contributed by atoms with E-state index in [1.54, 1.807) is 24.3 Å². The first kappa shape index (κ1) is 112. The second kappa shape index (κ2) is 49.9. The van der Waals surface area contributed by atoms with Gasteiger partial charge in [0, 0.05) is 139 Å². The molecular weight excluding hydrogens is 1970 g/mol. The monoisotopic (exact) mass is 2150 g/mol. The number of aryl methyl sites for hydroxylation is 1. The number of unbranched alkanes of at least 4 members (excludes halogenated alkanes) is 1. The summed E-state index contributed by atoms with van der Waals surface area (Å²) in [5.41, 5.74) is 4.30. The van der Waals surface area contributed by atoms with Crippen molar-refractivity contribution in [3.63, 3.8) is 0 Å². The van der Waals surface area contributed by atoms with Crippen LogP contribution in [-0.4, -0.2) is 226 Å². The SMILES string of the molecule is C1=C[C@]2(CCC1)CCCC1(C2)OCCO1.CCOC(=O)CCC[C@H]1CC[C@]2(CCCC3(C2)OCCO3)C1.Cc1ccc(S(=O)(=O)OC[C@H]2CC[C@]3(CCCC4(C3)OCCO4)C2)cc1.IC[C@H]1CC[C@]2(CCCC3(C2)OCCO3)C1.O=CC1=C[C@@]2(CCCC3(C2)OCCO3)CC1.O=CCCC[C@@]1(C=O)CCCC2(C1)OCCO2.OC[C@@H]1CC[C@]2(CCCC3(C2)OCCO3)C1.OC[C@H]1CC[C@]2(CCCC3(C2)OCCO3)C1. The van der Waals surface area contributed by atoms with Crippen LogP contribution in [0.1, 0.15) is 385 Å². The molecule has 0 unspecified atom stereocenters. The number of alkyl halides is 1. The van der Waals surface area contributed by atoms with E-state index in [9.17, 15) is 37.8 Å². The number of ether oxygens (including phenoxy) is 17. The molecule has 0 bridgehead atoms. The zero-order valence-corrected chi connectivity index (χ0v) is 91.0. The Hall–Kier alpha value is -2.90. The highest BCUT2D eigenvalue weighted by molar-refractivity contribution is 14.1. The maximum atomic E-state index is 12.4. The number of aldehydes is 3. The van der Waals surface area contributed by atoms with Crippen molar-refractivity contribution in [1.29, 1.82) is 0 Å². The number of carbonyl (C=O) groups is 4. The number of allylic oxidation sites excluding steroid dienone is 4. The molecule has 144 heavy (non-hydrogen) atoms. The van der Waals surface area contributed by atoms with Gasteiger partial charge < -0.3 is 100 Å². The van der Waals surface area contributed by atoms with Crippen molar-refractivity contribution in [3.05, 3.63) is 53.6 Å². The van der Waals surface area contributed by atoms with Crippen molar-refractivity contribution in [2.24, 2.45) is 72.9 Å². The molecule has 28 heteroatoms. The summed E-state index contributed by atoms with van der Waals surface area (Å²) in [6, 6.07) is 6.81. The summed E-state index contributed by atoms with van der Waals surface area (Å²) in [7, 11) is -3.68. The van der Waals surface area contributed by atoms with Gasteiger partial charge >= 0.3 is 5.97 Å². The Morgan fingerprint density at radius 1 is 0.410 bits per heavy atom. The maximum absolute atomic E-state index is 12.4. The first-order valence-electron chi connectivity index (χ1n) is 57.5. The van der Waals surface area contributed by atoms with Gasteiger partial charge in [0.25, 0.3) is 10.1 Å². The molecule has 13 atom stereocenters. The molecule has 0 amide bonds. The van der Waals surface area contributed by atoms with E-state index < -0.39 is 15.9 Å². The van der Waals surface area contributed by atoms with Gasteiger partial charge in [0.2, 0.25) is 0 Å². The zero-order valence-electron chi connectivity index (χ0n) is 88.0. The lowest BCUT2D eigenvalue weighted by atomic mass is 9.67. The van der Waals surface area contributed by atoms with Crippen LogP contribution in [0.3, 0.4) is 0 Å². The Labute approximate surface area is 874 Å². The fourth-order valence-electron chi connectivity index (χ4n) is 32.4. The second-order valence-corrected chi connectivity index (χ2v) is 51.8. The molecule has 24 rings (SSSR count). The number of carbonyl (C=O) groups excluding carboxylic acids is 4. The standard InChI is InChI=1S/C20H28O5S.C18H30O4.C13H21IO2.C13H20O4.2C13H22O3.C13H18O3.C13H20O2/c1-16-3-5-18(6-4-16)26(21,22)25-14-17-7-10-19(13-17)8-2-9-20(15-19)23-11-12-24-20;1-2-20-16(19)6-3-5-15-7-10-17(13-15)8-4-9-18(14-17)21-11-12-22-18;14-9-11-2-5-12(8-11)3-1-4-13(10-12)15-6-7-16-13;14-7-2-1-4-12(11-15)5-3-6-13(10-12)16-8-9-17-13;3*14-9-11-2-5-12(8-11)3-1-4-13(10-12)15-6-7-16-13;1-2-5-12(6-3-1)7-4-8-13(11-12)14-9-10-15-13/h3-6,17H,2,7-15H2,1H3;15H,2-14H2,1H3;11H,1-10H2;7,11H,1-6,8-10H2;2*11,14H,1-10H2;8-9H,1-7,10H2;2,5H,1,3-4,6-11H2/t17-,19+;15-,17+;11-,12+;12-;11-,12+;11-,12-;2*12-/m00010110/s1. The molecule has 2 N–H and O–H groups in total. The first-order valence-corrected chi connectivity index (χ1v) is 60.5. The van der Waals surface area contributed by atoms with Crippen LogP contribution in [0, 0.1) is 79.8 Å². The number of esters is 1. The van der Waals surface area contributed by atoms with Gasteiger partial charge in [-0.1, -0.05) is 58.5 Å². The van der Waals surface area contributed by atoms with Crippen LogP contribution in [0.2, 0.25) is 0 Å². The largest absolute Gasteiger partial charge is 0.466 e. The quantitative estimate of drug-likeness (QED) is 0.0262. The molecule has 8 saturated heterocycles. The molecule has 15 aliphatic carbocycles. The molecule has 0 radical (unpaired) electrons. The number of hydrogen-bond donors (Lipinski definition) is 2. The van der Waals surface area contributed by atoms with E-state index >= 15 is 0 Å². The van der Waals surface area contributed by atoms with Crippen LogP contribution in [-0.2, 0) is 114 Å². The van der Waals surface area contributed by atoms with Gasteiger partial charge in [0.1, 0.15) is 18.9 Å². The van der Waals surface area contributed by atoms with E-state index in [1.807, 2.05) is 13.8 Å². The van der Waals surface area contributed by atoms with Crippen molar-refractivity contribution < 1.29 is 123 Å². The topological polar surface area (TPSA) is 309 Å². The Kier molecular flexibility index (Phi) is 38.9. The molecular formula is C116H181IO26S. The van der Waals surface area contributed by atoms with E-state index in [0.29, 0.717) is 104 Å². The first-order chi connectivity index (χ1) is 69.7. The molecule has 26 nitrogen and oxygen atoms in total. The molecule has 8 heterocycles. The average Bonchev–Trinajstić information content (AvgIpc) is 1.54. The zero-order chi connectivity index (χ0) is 100. The predicted molar refractivity (Wildman–Crippen MR) is 551 cm³/mol. The van der Waals surface area contributed by atoms with Crippen molar-refractivity contribution in [3.8, 4) is 0 Å². The minimum atomic E-state index is -3.68. The molecule has 1 aromatic carbocycles. The Morgan fingerprint density at radius 3 is 1.13 bits per heavy atom. The van der Waals surface area contributed by atoms with Crippen LogP contribution in [0.15, 0.2) is 53.0 Å². The third-order valence-corrected chi connectivity index (χ3v) is 41.3. The molecule has 8 aliphatic heterocycles. The average molecular weight is 2150 g/mol. The molecule has 1 aromatic rings. The van der Waals surface area contributed by atoms with Crippen molar-refractivity contribution in [2.75, 3.05) is 137 Å². The van der Waals surface area contributed by atoms with Crippen molar-refractivity contribution in [2.45, 2.75) is 437 Å². The van der Waals surface area contributed by atoms with Gasteiger partial charge in [-0.3, -0.25) is 13.8 Å². The number of aliphatic hydroxyl groups excluding tert-OH is 2. The molecule has 21 fully saturated rings. The van der Waals surface area contributed by atoms with Gasteiger partial charge in [-0.25, -0.2) is 0 Å². The van der Waals surface area contributed by atoms with Crippen LogP contribution < -0.4 is 0 Å². The highest BCUT2D eigenvalue weighted by Gasteiger charge is 2.59. The number of rotatable bonds is 18. The maximum Gasteiger partial charge on any atom is 0.305 e. The number of aliphatic hydroxyl groups is 2. The van der Waals surface area contributed by atoms with E-state index in [-0.39, 0.29) is 80.1 Å². The van der Waals surface area contributed by atoms with Gasteiger partial charge in [0.15, 0.2) is 46.3 Å². The minimum absolute atomic E-state index is 0.0421. The normalized spacial score (nSPS) is 36.7. The highest BCUT2D eigenvalue weighted by Crippen LogP contribution is 2.63. The Balaban J connectivity index is 0.000000114. The number of benzene rings is 1. The van der Waals surface area contributed by atoms with Crippen LogP contribution in [0.4, 0.5) is 0 Å². The van der Waals surface area contributed by atoms with Gasteiger partial charge in [-0.15, -0.1) is 0 Å². The van der Waals surface area contributed by atoms with Crippen molar-refractivity contribution in [1.82, 2.24) is 0 Å². The predicted octanol–water partition coefficient (Wildman–Crippen LogP) is 22.4. The van der Waals surface area contributed by atoms with E-state index in [2.05, 4.69) is 40.8 Å². The smallest absolute Gasteiger partial charge is 0.305 e. The molecule has 0 aromatic heterocycles. The van der Waals surface area contributed by atoms with Crippen LogP contribution in [0.25, 0.3) is 0 Å². The molecule has 15 spiro atoms.